The molecule has 2 rings (SSSR count). The Labute approximate surface area is 108 Å². The molecular weight excluding hydrogens is 204 g/mol. The van der Waals surface area contributed by atoms with Gasteiger partial charge in [-0.3, -0.25) is 0 Å². The summed E-state index contributed by atoms with van der Waals surface area (Å²) in [5.41, 5.74) is 6.86. The number of allylic oxidation sites excluding steroid dienone is 4. The van der Waals surface area contributed by atoms with Crippen molar-refractivity contribution < 1.29 is 0 Å². The van der Waals surface area contributed by atoms with Crippen LogP contribution in [0.4, 0.5) is 0 Å². The number of hydrogen-bond donors (Lipinski definition) is 0. The lowest BCUT2D eigenvalue weighted by Gasteiger charge is -2.15. The van der Waals surface area contributed by atoms with Crippen LogP contribution in [0.25, 0.3) is 0 Å². The maximum Gasteiger partial charge on any atom is -0.0200 e. The molecule has 0 amide bonds. The van der Waals surface area contributed by atoms with E-state index in [0.717, 1.165) is 5.92 Å². The van der Waals surface area contributed by atoms with Gasteiger partial charge in [-0.1, -0.05) is 31.9 Å². The van der Waals surface area contributed by atoms with Gasteiger partial charge in [-0.25, -0.2) is 0 Å². The molecule has 1 saturated carbocycles. The summed E-state index contributed by atoms with van der Waals surface area (Å²) >= 11 is 0. The lowest BCUT2D eigenvalue weighted by molar-refractivity contribution is 0.602. The number of rotatable bonds is 2. The highest BCUT2D eigenvalue weighted by Crippen LogP contribution is 2.40. The maximum atomic E-state index is 2.38. The van der Waals surface area contributed by atoms with Crippen LogP contribution in [0.3, 0.4) is 0 Å². The van der Waals surface area contributed by atoms with Crippen LogP contribution in [-0.4, -0.2) is 0 Å². The van der Waals surface area contributed by atoms with E-state index in [1.807, 2.05) is 13.8 Å². The second-order valence-corrected chi connectivity index (χ2v) is 5.26. The van der Waals surface area contributed by atoms with E-state index in [1.165, 1.54) is 44.9 Å². The molecule has 0 bridgehead atoms. The predicted molar refractivity (Wildman–Crippen MR) is 78.2 cm³/mol. The van der Waals surface area contributed by atoms with Crippen LogP contribution in [0, 0.1) is 5.92 Å². The largest absolute Gasteiger partial charge is 0.0698 e. The first-order valence-corrected chi connectivity index (χ1v) is 7.62. The first-order valence-electron chi connectivity index (χ1n) is 7.62. The molecule has 98 valence electrons. The molecule has 0 aromatic carbocycles. The molecule has 2 aliphatic rings. The average molecular weight is 234 g/mol. The molecule has 0 saturated heterocycles. The zero-order chi connectivity index (χ0) is 12.8. The molecule has 1 fully saturated rings. The minimum absolute atomic E-state index is 0.908. The van der Waals surface area contributed by atoms with Gasteiger partial charge in [0.05, 0.1) is 0 Å². The van der Waals surface area contributed by atoms with Crippen LogP contribution >= 0.6 is 0 Å². The van der Waals surface area contributed by atoms with Crippen molar-refractivity contribution in [2.45, 2.75) is 79.6 Å². The lowest BCUT2D eigenvalue weighted by atomic mass is 9.91. The molecule has 0 heterocycles. The van der Waals surface area contributed by atoms with Gasteiger partial charge in [-0.2, -0.15) is 0 Å². The van der Waals surface area contributed by atoms with Gasteiger partial charge in [-0.15, -0.1) is 0 Å². The fourth-order valence-corrected chi connectivity index (χ4v) is 3.46. The van der Waals surface area contributed by atoms with E-state index < -0.39 is 0 Å². The molecule has 0 aromatic rings. The van der Waals surface area contributed by atoms with Crippen molar-refractivity contribution in [1.82, 2.24) is 0 Å². The van der Waals surface area contributed by atoms with E-state index in [9.17, 15) is 0 Å². The molecule has 0 spiro atoms. The van der Waals surface area contributed by atoms with Crippen LogP contribution in [0.1, 0.15) is 79.6 Å². The van der Waals surface area contributed by atoms with Gasteiger partial charge in [0, 0.05) is 0 Å². The Hall–Kier alpha value is -0.520. The van der Waals surface area contributed by atoms with Crippen molar-refractivity contribution in [2.75, 3.05) is 0 Å². The SMILES string of the molecule is CC.CCC1CCC/C1=C(\C)C1=C(C)CCC1. The van der Waals surface area contributed by atoms with Gasteiger partial charge in [0.15, 0.2) is 0 Å². The van der Waals surface area contributed by atoms with Gasteiger partial charge in [0.25, 0.3) is 0 Å². The van der Waals surface area contributed by atoms with Gasteiger partial charge < -0.3 is 0 Å². The third kappa shape index (κ3) is 3.24. The summed E-state index contributed by atoms with van der Waals surface area (Å²) in [6.45, 7) is 11.1. The second kappa shape index (κ2) is 7.03. The Bertz CT molecular complexity index is 304. The van der Waals surface area contributed by atoms with Gasteiger partial charge >= 0.3 is 0 Å². The third-order valence-electron chi connectivity index (χ3n) is 4.41. The molecule has 0 heteroatoms. The van der Waals surface area contributed by atoms with E-state index >= 15 is 0 Å². The van der Waals surface area contributed by atoms with Crippen LogP contribution in [-0.2, 0) is 0 Å². The molecular formula is C17H30. The Morgan fingerprint density at radius 3 is 2.35 bits per heavy atom. The lowest BCUT2D eigenvalue weighted by Crippen LogP contribution is -1.99. The van der Waals surface area contributed by atoms with Gasteiger partial charge in [0.1, 0.15) is 0 Å². The first kappa shape index (κ1) is 14.5. The highest BCUT2D eigenvalue weighted by molar-refractivity contribution is 5.40. The average Bonchev–Trinajstić information content (AvgIpc) is 2.98. The molecule has 0 radical (unpaired) electrons. The summed E-state index contributed by atoms with van der Waals surface area (Å²) in [5.74, 6) is 0.908. The smallest absolute Gasteiger partial charge is 0.0200 e. The monoisotopic (exact) mass is 234 g/mol. The molecule has 17 heavy (non-hydrogen) atoms. The standard InChI is InChI=1S/C15H24.C2H6/c1-4-13-8-6-10-15(13)12(3)14-9-5-7-11(14)2;1-2/h13H,4-10H2,1-3H3;1-2H3/b15-12-;. The molecule has 0 nitrogen and oxygen atoms in total. The topological polar surface area (TPSA) is 0 Å². The highest BCUT2D eigenvalue weighted by Gasteiger charge is 2.23. The van der Waals surface area contributed by atoms with Crippen LogP contribution in [0.5, 0.6) is 0 Å². The van der Waals surface area contributed by atoms with Crippen LogP contribution in [0.2, 0.25) is 0 Å². The molecule has 0 aromatic heterocycles. The minimum Gasteiger partial charge on any atom is -0.0698 e. The summed E-state index contributed by atoms with van der Waals surface area (Å²) < 4.78 is 0. The predicted octanol–water partition coefficient (Wildman–Crippen LogP) is 6.04. The van der Waals surface area contributed by atoms with Crippen molar-refractivity contribution >= 4 is 0 Å². The summed E-state index contributed by atoms with van der Waals surface area (Å²) in [6, 6.07) is 0. The Morgan fingerprint density at radius 2 is 1.82 bits per heavy atom. The Kier molecular flexibility index (Phi) is 6.02. The summed E-state index contributed by atoms with van der Waals surface area (Å²) in [4.78, 5) is 0. The quantitative estimate of drug-likeness (QED) is 0.546. The molecule has 0 N–H and O–H groups in total. The van der Waals surface area contributed by atoms with E-state index in [2.05, 4.69) is 20.8 Å². The summed E-state index contributed by atoms with van der Waals surface area (Å²) in [7, 11) is 0. The van der Waals surface area contributed by atoms with E-state index in [-0.39, 0.29) is 0 Å². The van der Waals surface area contributed by atoms with Crippen molar-refractivity contribution in [1.29, 1.82) is 0 Å². The van der Waals surface area contributed by atoms with Crippen molar-refractivity contribution in [2.24, 2.45) is 5.92 Å². The summed E-state index contributed by atoms with van der Waals surface area (Å²) in [5, 5.41) is 0. The minimum atomic E-state index is 0.908. The Balaban J connectivity index is 0.000000686. The van der Waals surface area contributed by atoms with E-state index in [0.29, 0.717) is 0 Å². The number of hydrogen-bond acceptors (Lipinski definition) is 0. The zero-order valence-electron chi connectivity index (χ0n) is 12.5. The maximum absolute atomic E-state index is 2.38. The van der Waals surface area contributed by atoms with Crippen molar-refractivity contribution in [3.63, 3.8) is 0 Å². The van der Waals surface area contributed by atoms with E-state index in [4.69, 9.17) is 0 Å². The molecule has 1 atom stereocenters. The highest BCUT2D eigenvalue weighted by atomic mass is 14.3. The zero-order valence-corrected chi connectivity index (χ0v) is 12.5. The normalized spacial score (nSPS) is 27.0. The van der Waals surface area contributed by atoms with Crippen LogP contribution in [0.15, 0.2) is 22.3 Å². The van der Waals surface area contributed by atoms with Gasteiger partial charge in [-0.05, 0) is 75.9 Å². The summed E-state index contributed by atoms with van der Waals surface area (Å²) in [6.07, 6.45) is 9.67. The molecule has 1 unspecified atom stereocenters. The fourth-order valence-electron chi connectivity index (χ4n) is 3.46. The van der Waals surface area contributed by atoms with Crippen molar-refractivity contribution in [3.05, 3.63) is 22.3 Å². The fraction of sp³-hybridized carbons (Fsp3) is 0.765. The van der Waals surface area contributed by atoms with Gasteiger partial charge in [0.2, 0.25) is 0 Å². The van der Waals surface area contributed by atoms with E-state index in [1.54, 1.807) is 22.3 Å². The third-order valence-corrected chi connectivity index (χ3v) is 4.41. The molecule has 0 aliphatic heterocycles. The van der Waals surface area contributed by atoms with Crippen molar-refractivity contribution in [3.8, 4) is 0 Å². The first-order chi connectivity index (χ1) is 8.24. The Morgan fingerprint density at radius 1 is 1.12 bits per heavy atom. The molecule has 2 aliphatic carbocycles. The van der Waals surface area contributed by atoms with Crippen LogP contribution < -0.4 is 0 Å². The second-order valence-electron chi connectivity index (χ2n) is 5.26.